The minimum absolute atomic E-state index is 0.000408. The van der Waals surface area contributed by atoms with Crippen LogP contribution < -0.4 is 5.32 Å². The van der Waals surface area contributed by atoms with E-state index in [1.165, 1.54) is 46.0 Å². The molecule has 1 amide bonds. The van der Waals surface area contributed by atoms with E-state index in [-0.39, 0.29) is 5.91 Å². The fraction of sp³-hybridized carbons (Fsp3) is 0.350. The maximum Gasteiger partial charge on any atom is 0.234 e. The highest BCUT2D eigenvalue weighted by atomic mass is 32.2. The van der Waals surface area contributed by atoms with Gasteiger partial charge < -0.3 is 5.32 Å². The van der Waals surface area contributed by atoms with Crippen LogP contribution in [0.3, 0.4) is 0 Å². The molecule has 1 N–H and O–H groups in total. The number of hydrogen-bond acceptors (Lipinski definition) is 5. The third-order valence-corrected chi connectivity index (χ3v) is 7.12. The van der Waals surface area contributed by atoms with Crippen LogP contribution in [-0.4, -0.2) is 21.6 Å². The number of fused-ring (bicyclic) bond motifs is 3. The molecule has 26 heavy (non-hydrogen) atoms. The quantitative estimate of drug-likeness (QED) is 0.513. The van der Waals surface area contributed by atoms with Crippen LogP contribution in [0.25, 0.3) is 10.2 Å². The van der Waals surface area contributed by atoms with Crippen molar-refractivity contribution < 1.29 is 4.79 Å². The predicted molar refractivity (Wildman–Crippen MR) is 109 cm³/mol. The Balaban J connectivity index is 1.52. The number of nitrogens with zero attached hydrogens (tertiary/aromatic N) is 2. The number of thiophene rings is 1. The Morgan fingerprint density at radius 1 is 1.23 bits per heavy atom. The first kappa shape index (κ1) is 17.5. The summed E-state index contributed by atoms with van der Waals surface area (Å²) >= 11 is 3.30. The van der Waals surface area contributed by atoms with Crippen molar-refractivity contribution in [2.24, 2.45) is 0 Å². The summed E-state index contributed by atoms with van der Waals surface area (Å²) in [5.74, 6) is 0.351. The molecule has 134 valence electrons. The first-order chi connectivity index (χ1) is 12.6. The maximum absolute atomic E-state index is 12.4. The van der Waals surface area contributed by atoms with Crippen molar-refractivity contribution in [3.63, 3.8) is 0 Å². The van der Waals surface area contributed by atoms with Gasteiger partial charge in [0.15, 0.2) is 0 Å². The highest BCUT2D eigenvalue weighted by Gasteiger charge is 2.20. The summed E-state index contributed by atoms with van der Waals surface area (Å²) in [7, 11) is 0. The average molecular weight is 384 g/mol. The van der Waals surface area contributed by atoms with Crippen LogP contribution in [0.5, 0.6) is 0 Å². The van der Waals surface area contributed by atoms with Crippen molar-refractivity contribution in [2.75, 3.05) is 11.1 Å². The number of rotatable bonds is 4. The number of aryl methyl sites for hydroxylation is 3. The second kappa shape index (κ2) is 7.37. The van der Waals surface area contributed by atoms with Crippen LogP contribution in [0.1, 0.15) is 34.4 Å². The molecule has 0 fully saturated rings. The monoisotopic (exact) mass is 383 g/mol. The Hall–Kier alpha value is -1.92. The van der Waals surface area contributed by atoms with Crippen LogP contribution in [0.4, 0.5) is 5.69 Å². The van der Waals surface area contributed by atoms with Gasteiger partial charge in [-0.3, -0.25) is 4.79 Å². The first-order valence-corrected chi connectivity index (χ1v) is 10.7. The lowest BCUT2D eigenvalue weighted by Gasteiger charge is -2.12. The highest BCUT2D eigenvalue weighted by Crippen LogP contribution is 2.39. The number of hydrogen-bond donors (Lipinski definition) is 1. The van der Waals surface area contributed by atoms with Crippen molar-refractivity contribution in [1.29, 1.82) is 0 Å². The highest BCUT2D eigenvalue weighted by molar-refractivity contribution is 8.00. The molecule has 0 radical (unpaired) electrons. The van der Waals surface area contributed by atoms with Crippen LogP contribution in [0.2, 0.25) is 0 Å². The zero-order valence-electron chi connectivity index (χ0n) is 15.0. The standard InChI is InChI=1S/C20H21N3OS2/c1-12-6-5-8-15(13(12)2)23-17(24)10-25-19-18-14-7-3-4-9-16(14)26-20(18)22-11-21-19/h5-6,8,11H,3-4,7,9-10H2,1-2H3,(H,23,24). The molecule has 1 aliphatic rings. The van der Waals surface area contributed by atoms with Gasteiger partial charge in [-0.05, 0) is 62.3 Å². The molecular formula is C20H21N3OS2. The molecule has 0 bridgehead atoms. The Morgan fingerprint density at radius 3 is 2.96 bits per heavy atom. The van der Waals surface area contributed by atoms with Gasteiger partial charge in [-0.1, -0.05) is 23.9 Å². The number of nitrogens with one attached hydrogen (secondary N) is 1. The van der Waals surface area contributed by atoms with Crippen molar-refractivity contribution in [2.45, 2.75) is 44.6 Å². The van der Waals surface area contributed by atoms with E-state index in [2.05, 4.69) is 28.3 Å². The molecule has 1 aliphatic carbocycles. The molecule has 0 atom stereocenters. The Labute approximate surface area is 161 Å². The lowest BCUT2D eigenvalue weighted by atomic mass is 9.97. The number of benzene rings is 1. The zero-order chi connectivity index (χ0) is 18.1. The summed E-state index contributed by atoms with van der Waals surface area (Å²) < 4.78 is 0. The predicted octanol–water partition coefficient (Wildman–Crippen LogP) is 4.92. The van der Waals surface area contributed by atoms with Gasteiger partial charge in [-0.2, -0.15) is 0 Å². The van der Waals surface area contributed by atoms with E-state index in [9.17, 15) is 4.79 Å². The zero-order valence-corrected chi connectivity index (χ0v) is 16.6. The Morgan fingerprint density at radius 2 is 2.08 bits per heavy atom. The second-order valence-corrected chi connectivity index (χ2v) is 8.70. The molecule has 4 nitrogen and oxygen atoms in total. The molecule has 3 aromatic rings. The third kappa shape index (κ3) is 3.35. The Bertz CT molecular complexity index is 981. The lowest BCUT2D eigenvalue weighted by molar-refractivity contribution is -0.113. The molecule has 1 aromatic carbocycles. The van der Waals surface area contributed by atoms with Crippen LogP contribution >= 0.6 is 23.1 Å². The average Bonchev–Trinajstić information content (AvgIpc) is 3.03. The van der Waals surface area contributed by atoms with E-state index in [4.69, 9.17) is 0 Å². The smallest absolute Gasteiger partial charge is 0.234 e. The van der Waals surface area contributed by atoms with E-state index >= 15 is 0 Å². The molecule has 2 aromatic heterocycles. The third-order valence-electron chi connectivity index (χ3n) is 4.94. The van der Waals surface area contributed by atoms with E-state index in [0.717, 1.165) is 33.9 Å². The van der Waals surface area contributed by atoms with Crippen molar-refractivity contribution in [3.8, 4) is 0 Å². The molecule has 0 saturated heterocycles. The van der Waals surface area contributed by atoms with Crippen molar-refractivity contribution in [1.82, 2.24) is 9.97 Å². The molecular weight excluding hydrogens is 362 g/mol. The molecule has 0 unspecified atom stereocenters. The van der Waals surface area contributed by atoms with E-state index < -0.39 is 0 Å². The SMILES string of the molecule is Cc1cccc(NC(=O)CSc2ncnc3sc4c(c23)CCCC4)c1C. The van der Waals surface area contributed by atoms with Crippen molar-refractivity contribution >= 4 is 44.9 Å². The summed E-state index contributed by atoms with van der Waals surface area (Å²) in [6.07, 6.45) is 6.35. The van der Waals surface area contributed by atoms with Crippen LogP contribution in [0.15, 0.2) is 29.6 Å². The number of carbonyl (C=O) groups is 1. The van der Waals surface area contributed by atoms with Gasteiger partial charge in [0, 0.05) is 16.0 Å². The summed E-state index contributed by atoms with van der Waals surface area (Å²) in [6, 6.07) is 5.97. The summed E-state index contributed by atoms with van der Waals surface area (Å²) in [5, 5.41) is 5.14. The van der Waals surface area contributed by atoms with Crippen molar-refractivity contribution in [3.05, 3.63) is 46.1 Å². The largest absolute Gasteiger partial charge is 0.325 e. The number of aromatic nitrogens is 2. The summed E-state index contributed by atoms with van der Waals surface area (Å²) in [4.78, 5) is 23.9. The van der Waals surface area contributed by atoms with Gasteiger partial charge in [0.2, 0.25) is 5.91 Å². The summed E-state index contributed by atoms with van der Waals surface area (Å²) in [6.45, 7) is 4.08. The molecule has 4 rings (SSSR count). The fourth-order valence-corrected chi connectivity index (χ4v) is 5.50. The number of carbonyl (C=O) groups excluding carboxylic acids is 1. The van der Waals surface area contributed by atoms with Gasteiger partial charge in [-0.25, -0.2) is 9.97 Å². The van der Waals surface area contributed by atoms with E-state index in [1.807, 2.05) is 19.1 Å². The first-order valence-electron chi connectivity index (χ1n) is 8.87. The number of amides is 1. The van der Waals surface area contributed by atoms with Gasteiger partial charge in [0.05, 0.1) is 5.75 Å². The molecule has 0 spiro atoms. The van der Waals surface area contributed by atoms with Crippen LogP contribution in [0, 0.1) is 13.8 Å². The minimum atomic E-state index is -0.000408. The minimum Gasteiger partial charge on any atom is -0.325 e. The van der Waals surface area contributed by atoms with Gasteiger partial charge in [0.1, 0.15) is 16.2 Å². The Kier molecular flexibility index (Phi) is 4.96. The normalized spacial score (nSPS) is 13.6. The molecule has 0 aliphatic heterocycles. The fourth-order valence-electron chi connectivity index (χ4n) is 3.38. The lowest BCUT2D eigenvalue weighted by Crippen LogP contribution is -2.15. The number of thioether (sulfide) groups is 1. The van der Waals surface area contributed by atoms with Crippen LogP contribution in [-0.2, 0) is 17.6 Å². The van der Waals surface area contributed by atoms with E-state index in [1.54, 1.807) is 17.7 Å². The van der Waals surface area contributed by atoms with Gasteiger partial charge in [-0.15, -0.1) is 11.3 Å². The molecule has 6 heteroatoms. The summed E-state index contributed by atoms with van der Waals surface area (Å²) in [5.41, 5.74) is 4.59. The topological polar surface area (TPSA) is 54.9 Å². The molecule has 2 heterocycles. The van der Waals surface area contributed by atoms with E-state index in [0.29, 0.717) is 5.75 Å². The maximum atomic E-state index is 12.4. The van der Waals surface area contributed by atoms with Gasteiger partial charge in [0.25, 0.3) is 0 Å². The molecule has 0 saturated carbocycles. The number of anilines is 1. The van der Waals surface area contributed by atoms with Gasteiger partial charge >= 0.3 is 0 Å². The second-order valence-electron chi connectivity index (χ2n) is 6.65.